The summed E-state index contributed by atoms with van der Waals surface area (Å²) in [6, 6.07) is 1.75. The first-order valence-corrected chi connectivity index (χ1v) is 3.94. The van der Waals surface area contributed by atoms with Crippen LogP contribution in [0.5, 0.6) is 0 Å². The first kappa shape index (κ1) is 6.63. The Morgan fingerprint density at radius 3 is 3.27 bits per heavy atom. The number of nitrogens with one attached hydrogen (secondary N) is 1. The Balaban J connectivity index is 2.50. The van der Waals surface area contributed by atoms with E-state index in [4.69, 9.17) is 5.11 Å². The summed E-state index contributed by atoms with van der Waals surface area (Å²) in [5, 5.41) is 23.4. The monoisotopic (exact) mass is 170 g/mol. The zero-order valence-corrected chi connectivity index (χ0v) is 6.30. The lowest BCUT2D eigenvalue weighted by atomic mass is 10.3. The predicted molar refractivity (Wildman–Crippen MR) is 43.1 cm³/mol. The van der Waals surface area contributed by atoms with Crippen molar-refractivity contribution in [3.63, 3.8) is 0 Å². The van der Waals surface area contributed by atoms with Gasteiger partial charge in [0.25, 0.3) is 0 Å². The lowest BCUT2D eigenvalue weighted by Gasteiger charge is -2.14. The van der Waals surface area contributed by atoms with E-state index in [0.717, 1.165) is 5.00 Å². The van der Waals surface area contributed by atoms with Crippen LogP contribution in [-0.4, -0.2) is 22.5 Å². The molecule has 1 aliphatic heterocycles. The van der Waals surface area contributed by atoms with Crippen LogP contribution in [-0.2, 0) is 0 Å². The molecule has 4 nitrogen and oxygen atoms in total. The van der Waals surface area contributed by atoms with Crippen molar-refractivity contribution in [2.75, 3.05) is 5.32 Å². The predicted octanol–water partition coefficient (Wildman–Crippen LogP) is 0.754. The number of aliphatic hydroxyl groups is 2. The normalized spacial score (nSPS) is 21.9. The van der Waals surface area contributed by atoms with Crippen molar-refractivity contribution in [2.45, 2.75) is 6.35 Å². The zero-order chi connectivity index (χ0) is 7.84. The van der Waals surface area contributed by atoms with E-state index in [1.807, 2.05) is 5.38 Å². The third kappa shape index (κ3) is 0.979. The van der Waals surface area contributed by atoms with Crippen LogP contribution in [0.3, 0.4) is 0 Å². The van der Waals surface area contributed by atoms with Gasteiger partial charge < -0.3 is 15.5 Å². The molecule has 1 aromatic heterocycles. The van der Waals surface area contributed by atoms with Crippen molar-refractivity contribution in [2.24, 2.45) is 4.99 Å². The van der Waals surface area contributed by atoms with Gasteiger partial charge in [-0.25, -0.2) is 0 Å². The molecule has 2 rings (SSSR count). The molecule has 0 radical (unpaired) electrons. The molecule has 1 unspecified atom stereocenters. The zero-order valence-electron chi connectivity index (χ0n) is 5.48. The highest BCUT2D eigenvalue weighted by Gasteiger charge is 2.18. The van der Waals surface area contributed by atoms with Crippen LogP contribution in [0.15, 0.2) is 16.4 Å². The molecule has 58 valence electrons. The molecule has 0 saturated heterocycles. The van der Waals surface area contributed by atoms with Crippen molar-refractivity contribution in [3.05, 3.63) is 17.0 Å². The van der Waals surface area contributed by atoms with Crippen LogP contribution in [0, 0.1) is 0 Å². The van der Waals surface area contributed by atoms with E-state index in [2.05, 4.69) is 10.3 Å². The molecule has 1 aromatic rings. The van der Waals surface area contributed by atoms with Crippen LogP contribution in [0.4, 0.5) is 5.00 Å². The quantitative estimate of drug-likeness (QED) is 0.538. The lowest BCUT2D eigenvalue weighted by Crippen LogP contribution is -2.23. The van der Waals surface area contributed by atoms with Crippen LogP contribution in [0.2, 0.25) is 0 Å². The van der Waals surface area contributed by atoms with E-state index in [-0.39, 0.29) is 5.90 Å². The topological polar surface area (TPSA) is 64.9 Å². The van der Waals surface area contributed by atoms with Gasteiger partial charge in [0.15, 0.2) is 0 Å². The number of thiophene rings is 1. The Hall–Kier alpha value is -1.07. The summed E-state index contributed by atoms with van der Waals surface area (Å²) in [6.45, 7) is 0. The number of hydrogen-bond donors (Lipinski definition) is 3. The number of hydrogen-bond acceptors (Lipinski definition) is 4. The molecule has 0 aliphatic carbocycles. The fraction of sp³-hybridized carbons (Fsp3) is 0.167. The first-order valence-electron chi connectivity index (χ1n) is 3.06. The van der Waals surface area contributed by atoms with Gasteiger partial charge in [-0.15, -0.1) is 11.3 Å². The van der Waals surface area contributed by atoms with Gasteiger partial charge in [0.2, 0.25) is 12.2 Å². The maximum atomic E-state index is 9.18. The molecule has 1 atom stereocenters. The smallest absolute Gasteiger partial charge is 0.227 e. The summed E-state index contributed by atoms with van der Waals surface area (Å²) in [5.41, 5.74) is 0.653. The second-order valence-electron chi connectivity index (χ2n) is 2.13. The lowest BCUT2D eigenvalue weighted by molar-refractivity contribution is 0.210. The van der Waals surface area contributed by atoms with Crippen LogP contribution >= 0.6 is 11.3 Å². The van der Waals surface area contributed by atoms with Gasteiger partial charge in [-0.3, -0.25) is 0 Å². The maximum absolute atomic E-state index is 9.18. The van der Waals surface area contributed by atoms with Gasteiger partial charge in [0, 0.05) is 0 Å². The summed E-state index contributed by atoms with van der Waals surface area (Å²) < 4.78 is 0. The minimum Gasteiger partial charge on any atom is -0.493 e. The number of aliphatic hydroxyl groups excluding tert-OH is 2. The molecule has 0 fully saturated rings. The van der Waals surface area contributed by atoms with Gasteiger partial charge >= 0.3 is 0 Å². The van der Waals surface area contributed by atoms with Crippen LogP contribution < -0.4 is 5.32 Å². The largest absolute Gasteiger partial charge is 0.493 e. The minimum atomic E-state index is -1.01. The van der Waals surface area contributed by atoms with E-state index in [1.54, 1.807) is 6.07 Å². The van der Waals surface area contributed by atoms with Crippen molar-refractivity contribution in [3.8, 4) is 0 Å². The molecule has 0 amide bonds. The Labute approximate surface area is 66.8 Å². The molecule has 5 heteroatoms. The number of rotatable bonds is 0. The van der Waals surface area contributed by atoms with Gasteiger partial charge in [-0.2, -0.15) is 4.99 Å². The second kappa shape index (κ2) is 2.21. The minimum absolute atomic E-state index is 0.104. The Bertz CT molecular complexity index is 307. The number of nitrogens with zero attached hydrogens (tertiary/aromatic N) is 1. The first-order chi connectivity index (χ1) is 5.27. The molecular formula is C6H6N2O2S. The maximum Gasteiger partial charge on any atom is 0.227 e. The number of fused-ring (bicyclic) bond motifs is 1. The number of anilines is 1. The van der Waals surface area contributed by atoms with Crippen molar-refractivity contribution < 1.29 is 10.2 Å². The summed E-state index contributed by atoms with van der Waals surface area (Å²) >= 11 is 1.42. The van der Waals surface area contributed by atoms with E-state index in [9.17, 15) is 5.11 Å². The van der Waals surface area contributed by atoms with Gasteiger partial charge in [-0.05, 0) is 11.4 Å². The summed E-state index contributed by atoms with van der Waals surface area (Å²) in [4.78, 5) is 3.52. The third-order valence-corrected chi connectivity index (χ3v) is 2.26. The van der Waals surface area contributed by atoms with Gasteiger partial charge in [0.05, 0.1) is 5.56 Å². The van der Waals surface area contributed by atoms with E-state index in [1.165, 1.54) is 11.3 Å². The Morgan fingerprint density at radius 1 is 1.64 bits per heavy atom. The van der Waals surface area contributed by atoms with Crippen LogP contribution in [0.25, 0.3) is 0 Å². The second-order valence-corrected chi connectivity index (χ2v) is 3.05. The fourth-order valence-electron chi connectivity index (χ4n) is 0.932. The highest BCUT2D eigenvalue weighted by molar-refractivity contribution is 7.14. The van der Waals surface area contributed by atoms with E-state index in [0.29, 0.717) is 5.56 Å². The molecular weight excluding hydrogens is 164 g/mol. The third-order valence-electron chi connectivity index (χ3n) is 1.41. The molecule has 0 bridgehead atoms. The number of aliphatic imine (C=N–C) groups is 1. The van der Waals surface area contributed by atoms with Crippen molar-refractivity contribution in [1.29, 1.82) is 0 Å². The molecule has 11 heavy (non-hydrogen) atoms. The molecule has 2 heterocycles. The molecule has 1 aliphatic rings. The molecule has 0 aromatic carbocycles. The fourth-order valence-corrected chi connectivity index (χ4v) is 1.73. The van der Waals surface area contributed by atoms with Crippen molar-refractivity contribution >= 4 is 22.2 Å². The Kier molecular flexibility index (Phi) is 1.33. The van der Waals surface area contributed by atoms with Gasteiger partial charge in [-0.1, -0.05) is 0 Å². The SMILES string of the molecule is OC1=NC(O)Nc2sccc21. The van der Waals surface area contributed by atoms with Crippen molar-refractivity contribution in [1.82, 2.24) is 0 Å². The molecule has 0 spiro atoms. The summed E-state index contributed by atoms with van der Waals surface area (Å²) in [6.07, 6.45) is -1.01. The summed E-state index contributed by atoms with van der Waals surface area (Å²) in [5.74, 6) is -0.104. The highest BCUT2D eigenvalue weighted by Crippen LogP contribution is 2.26. The average Bonchev–Trinajstić information content (AvgIpc) is 2.34. The molecule has 0 saturated carbocycles. The van der Waals surface area contributed by atoms with E-state index >= 15 is 0 Å². The standard InChI is InChI=1S/C6H6N2O2S/c9-4-3-1-2-11-5(3)8-6(10)7-4/h1-2,6,8,10H,(H,7,9). The van der Waals surface area contributed by atoms with E-state index < -0.39 is 6.35 Å². The Morgan fingerprint density at radius 2 is 2.45 bits per heavy atom. The van der Waals surface area contributed by atoms with Gasteiger partial charge in [0.1, 0.15) is 5.00 Å². The highest BCUT2D eigenvalue weighted by atomic mass is 32.1. The molecule has 3 N–H and O–H groups in total. The average molecular weight is 170 g/mol. The van der Waals surface area contributed by atoms with Crippen LogP contribution in [0.1, 0.15) is 5.56 Å². The summed E-state index contributed by atoms with van der Waals surface area (Å²) in [7, 11) is 0.